The molecule has 1 atom stereocenters. The van der Waals surface area contributed by atoms with Gasteiger partial charge in [-0.25, -0.2) is 10.5 Å². The molecule has 2 heterocycles. The molecule has 7 heteroatoms. The molecule has 3 rings (SSSR count). The van der Waals surface area contributed by atoms with Gasteiger partial charge in [-0.2, -0.15) is 0 Å². The summed E-state index contributed by atoms with van der Waals surface area (Å²) in [6, 6.07) is 1.18. The second kappa shape index (κ2) is 8.21. The van der Waals surface area contributed by atoms with Gasteiger partial charge in [0, 0.05) is 31.2 Å². The highest BCUT2D eigenvalue weighted by atomic mass is 16.5. The summed E-state index contributed by atoms with van der Waals surface area (Å²) in [4.78, 5) is 22.1. The third kappa shape index (κ3) is 4.52. The molecule has 1 amide bonds. The minimum atomic E-state index is -0.590. The van der Waals surface area contributed by atoms with E-state index < -0.39 is 5.91 Å². The number of amides is 1. The molecule has 2 aliphatic rings. The predicted octanol–water partition coefficient (Wildman–Crippen LogP) is 1.81. The number of hydroxylamine groups is 1. The molecule has 24 heavy (non-hydrogen) atoms. The monoisotopic (exact) mass is 331 g/mol. The number of carbonyl (C=O) groups is 1. The molecule has 2 fully saturated rings. The van der Waals surface area contributed by atoms with Crippen LogP contribution >= 0.6 is 0 Å². The average molecular weight is 331 g/mol. The summed E-state index contributed by atoms with van der Waals surface area (Å²) in [6.07, 6.45) is 13.9. The maximum Gasteiger partial charge on any atom is 0.267 e. The molecular weight excluding hydrogens is 306 g/mol. The highest BCUT2D eigenvalue weighted by Crippen LogP contribution is 2.26. The van der Waals surface area contributed by atoms with Gasteiger partial charge < -0.3 is 5.32 Å². The van der Waals surface area contributed by atoms with Crippen molar-refractivity contribution in [1.82, 2.24) is 20.3 Å². The summed E-state index contributed by atoms with van der Waals surface area (Å²) in [5.41, 5.74) is 2.10. The molecule has 1 aromatic heterocycles. The number of hydrogen-bond donors (Lipinski definition) is 3. The van der Waals surface area contributed by atoms with Gasteiger partial charge in [0.15, 0.2) is 0 Å². The normalized spacial score (nSPS) is 22.8. The molecule has 1 saturated carbocycles. The van der Waals surface area contributed by atoms with Gasteiger partial charge in [0.05, 0.1) is 18.1 Å². The van der Waals surface area contributed by atoms with Crippen molar-refractivity contribution in [1.29, 1.82) is 0 Å². The Kier molecular flexibility index (Phi) is 5.77. The molecule has 1 aromatic rings. The quantitative estimate of drug-likeness (QED) is 0.433. The summed E-state index contributed by atoms with van der Waals surface area (Å²) < 4.78 is 0. The van der Waals surface area contributed by atoms with Crippen molar-refractivity contribution < 1.29 is 10.0 Å². The van der Waals surface area contributed by atoms with Crippen LogP contribution in [0.4, 0.5) is 5.82 Å². The topological polar surface area (TPSA) is 90.4 Å². The minimum Gasteiger partial charge on any atom is -0.365 e. The first kappa shape index (κ1) is 16.9. The fourth-order valence-electron chi connectivity index (χ4n) is 3.59. The Bertz CT molecular complexity index is 569. The molecule has 1 aliphatic heterocycles. The van der Waals surface area contributed by atoms with Gasteiger partial charge in [-0.05, 0) is 25.3 Å². The lowest BCUT2D eigenvalue weighted by Crippen LogP contribution is -2.36. The van der Waals surface area contributed by atoms with Crippen LogP contribution in [-0.2, 0) is 4.79 Å². The number of anilines is 1. The van der Waals surface area contributed by atoms with Crippen LogP contribution in [0.15, 0.2) is 18.5 Å². The van der Waals surface area contributed by atoms with Crippen LogP contribution in [0.25, 0.3) is 6.08 Å². The van der Waals surface area contributed by atoms with E-state index in [0.717, 1.165) is 31.4 Å². The summed E-state index contributed by atoms with van der Waals surface area (Å²) in [7, 11) is 0. The second-order valence-corrected chi connectivity index (χ2v) is 6.55. The Morgan fingerprint density at radius 2 is 2.04 bits per heavy atom. The van der Waals surface area contributed by atoms with E-state index in [4.69, 9.17) is 5.21 Å². The number of nitrogens with one attached hydrogen (secondary N) is 2. The molecule has 1 aliphatic carbocycles. The molecule has 7 nitrogen and oxygen atoms in total. The number of rotatable bonds is 5. The Balaban J connectivity index is 1.49. The summed E-state index contributed by atoms with van der Waals surface area (Å²) >= 11 is 0. The lowest BCUT2D eigenvalue weighted by molar-refractivity contribution is -0.124. The van der Waals surface area contributed by atoms with Crippen LogP contribution in [-0.4, -0.2) is 51.2 Å². The minimum absolute atomic E-state index is 0.419. The van der Waals surface area contributed by atoms with Gasteiger partial charge in [-0.15, -0.1) is 0 Å². The van der Waals surface area contributed by atoms with E-state index in [0.29, 0.717) is 11.7 Å². The van der Waals surface area contributed by atoms with Crippen molar-refractivity contribution in [2.24, 2.45) is 0 Å². The molecule has 3 N–H and O–H groups in total. The molecule has 0 bridgehead atoms. The number of hydrogen-bond acceptors (Lipinski definition) is 6. The molecule has 0 aromatic carbocycles. The van der Waals surface area contributed by atoms with Crippen LogP contribution in [0.1, 0.15) is 44.2 Å². The zero-order valence-electron chi connectivity index (χ0n) is 13.8. The van der Waals surface area contributed by atoms with Gasteiger partial charge in [0.25, 0.3) is 5.91 Å². The third-order valence-corrected chi connectivity index (χ3v) is 4.85. The third-order valence-electron chi connectivity index (χ3n) is 4.85. The maximum absolute atomic E-state index is 10.9. The van der Waals surface area contributed by atoms with E-state index in [-0.39, 0.29) is 0 Å². The first-order valence-electron chi connectivity index (χ1n) is 8.69. The SMILES string of the molecule is O=C(C=Cc1cnc(N[C@@H]2CCN(C3CCCCC3)C2)cn1)NO. The van der Waals surface area contributed by atoms with E-state index >= 15 is 0 Å². The van der Waals surface area contributed by atoms with Crippen molar-refractivity contribution in [2.45, 2.75) is 50.6 Å². The van der Waals surface area contributed by atoms with E-state index in [1.165, 1.54) is 49.7 Å². The number of carbonyl (C=O) groups excluding carboxylic acids is 1. The van der Waals surface area contributed by atoms with Crippen LogP contribution < -0.4 is 10.8 Å². The van der Waals surface area contributed by atoms with E-state index in [9.17, 15) is 4.79 Å². The Labute approximate surface area is 142 Å². The number of likely N-dealkylation sites (tertiary alicyclic amines) is 1. The zero-order valence-corrected chi connectivity index (χ0v) is 13.8. The van der Waals surface area contributed by atoms with Crippen LogP contribution in [0.3, 0.4) is 0 Å². The highest BCUT2D eigenvalue weighted by Gasteiger charge is 2.29. The van der Waals surface area contributed by atoms with Gasteiger partial charge in [-0.3, -0.25) is 19.9 Å². The van der Waals surface area contributed by atoms with Crippen molar-refractivity contribution in [3.8, 4) is 0 Å². The largest absolute Gasteiger partial charge is 0.365 e. The molecule has 0 unspecified atom stereocenters. The first-order valence-corrected chi connectivity index (χ1v) is 8.69. The van der Waals surface area contributed by atoms with Crippen LogP contribution in [0, 0.1) is 0 Å². The van der Waals surface area contributed by atoms with E-state index in [1.807, 2.05) is 0 Å². The smallest absolute Gasteiger partial charge is 0.267 e. The first-order chi connectivity index (χ1) is 11.7. The second-order valence-electron chi connectivity index (χ2n) is 6.55. The highest BCUT2D eigenvalue weighted by molar-refractivity contribution is 5.90. The van der Waals surface area contributed by atoms with Gasteiger partial charge in [0.1, 0.15) is 5.82 Å². The molecule has 0 spiro atoms. The van der Waals surface area contributed by atoms with Crippen molar-refractivity contribution in [3.63, 3.8) is 0 Å². The van der Waals surface area contributed by atoms with Gasteiger partial charge in [0.2, 0.25) is 0 Å². The number of nitrogens with zero attached hydrogens (tertiary/aromatic N) is 3. The Morgan fingerprint density at radius 3 is 2.75 bits per heavy atom. The van der Waals surface area contributed by atoms with Crippen molar-refractivity contribution in [2.75, 3.05) is 18.4 Å². The lowest BCUT2D eigenvalue weighted by Gasteiger charge is -2.31. The summed E-state index contributed by atoms with van der Waals surface area (Å²) in [6.45, 7) is 2.23. The maximum atomic E-state index is 10.9. The molecular formula is C17H25N5O2. The van der Waals surface area contributed by atoms with Crippen molar-refractivity contribution in [3.05, 3.63) is 24.2 Å². The Hall–Kier alpha value is -1.99. The standard InChI is InChI=1S/C17H25N5O2/c23-17(21-24)7-6-13-10-19-16(11-18-13)20-14-8-9-22(12-14)15-4-2-1-3-5-15/h6-7,10-11,14-15,24H,1-5,8-9,12H2,(H,19,20)(H,21,23)/t14-/m1/s1. The van der Waals surface area contributed by atoms with Crippen LogP contribution in [0.2, 0.25) is 0 Å². The average Bonchev–Trinajstić information content (AvgIpc) is 3.10. The van der Waals surface area contributed by atoms with Gasteiger partial charge >= 0.3 is 0 Å². The van der Waals surface area contributed by atoms with Crippen LogP contribution in [0.5, 0.6) is 0 Å². The summed E-state index contributed by atoms with van der Waals surface area (Å²) in [5.74, 6) is 0.169. The fraction of sp³-hybridized carbons (Fsp3) is 0.588. The zero-order chi connectivity index (χ0) is 16.8. The van der Waals surface area contributed by atoms with E-state index in [2.05, 4.69) is 20.2 Å². The fourth-order valence-corrected chi connectivity index (χ4v) is 3.59. The van der Waals surface area contributed by atoms with Gasteiger partial charge in [-0.1, -0.05) is 19.3 Å². The molecule has 0 radical (unpaired) electrons. The molecule has 1 saturated heterocycles. The summed E-state index contributed by atoms with van der Waals surface area (Å²) in [5, 5.41) is 11.9. The Morgan fingerprint density at radius 1 is 1.21 bits per heavy atom. The van der Waals surface area contributed by atoms with Crippen molar-refractivity contribution >= 4 is 17.8 Å². The predicted molar refractivity (Wildman–Crippen MR) is 91.5 cm³/mol. The molecule has 130 valence electrons. The lowest BCUT2D eigenvalue weighted by atomic mass is 9.94. The number of aromatic nitrogens is 2. The van der Waals surface area contributed by atoms with E-state index in [1.54, 1.807) is 12.4 Å².